The van der Waals surface area contributed by atoms with Gasteiger partial charge in [-0.25, -0.2) is 4.98 Å². The molecule has 0 bridgehead atoms. The monoisotopic (exact) mass is 258 g/mol. The Labute approximate surface area is 112 Å². The Morgan fingerprint density at radius 3 is 3.00 bits per heavy atom. The highest BCUT2D eigenvalue weighted by atomic mass is 16.5. The Bertz CT molecular complexity index is 506. The molecule has 1 aromatic heterocycles. The average molecular weight is 258 g/mol. The maximum atomic E-state index is 5.38. The number of ether oxygens (including phenoxy) is 1. The van der Waals surface area contributed by atoms with Crippen LogP contribution in [-0.4, -0.2) is 36.3 Å². The lowest BCUT2D eigenvalue weighted by Crippen LogP contribution is -2.36. The van der Waals surface area contributed by atoms with Crippen LogP contribution in [0.3, 0.4) is 0 Å². The van der Waals surface area contributed by atoms with Crippen LogP contribution in [0, 0.1) is 0 Å². The van der Waals surface area contributed by atoms with Gasteiger partial charge in [-0.3, -0.25) is 0 Å². The van der Waals surface area contributed by atoms with E-state index in [1.54, 1.807) is 6.33 Å². The minimum absolute atomic E-state index is 0.732. The van der Waals surface area contributed by atoms with Gasteiger partial charge < -0.3 is 19.9 Å². The third-order valence-corrected chi connectivity index (χ3v) is 3.25. The number of aromatic nitrogens is 2. The van der Waals surface area contributed by atoms with Crippen molar-refractivity contribution >= 4 is 11.4 Å². The van der Waals surface area contributed by atoms with E-state index in [1.165, 1.54) is 5.69 Å². The van der Waals surface area contributed by atoms with Gasteiger partial charge >= 0.3 is 0 Å². The van der Waals surface area contributed by atoms with Gasteiger partial charge in [-0.2, -0.15) is 0 Å². The highest BCUT2D eigenvalue weighted by Gasteiger charge is 2.11. The summed E-state index contributed by atoms with van der Waals surface area (Å²) in [7, 11) is 0. The van der Waals surface area contributed by atoms with Gasteiger partial charge in [0.1, 0.15) is 0 Å². The molecule has 0 saturated carbocycles. The van der Waals surface area contributed by atoms with Gasteiger partial charge in [0.05, 0.1) is 31.8 Å². The number of nitrogens with zero attached hydrogens (tertiary/aromatic N) is 2. The molecule has 1 aromatic carbocycles. The molecule has 2 heterocycles. The zero-order valence-electron chi connectivity index (χ0n) is 10.8. The number of imidazole rings is 1. The first kappa shape index (κ1) is 12.0. The zero-order chi connectivity index (χ0) is 12.9. The molecule has 0 amide bonds. The number of benzene rings is 1. The van der Waals surface area contributed by atoms with Crippen LogP contribution in [0.1, 0.15) is 5.69 Å². The van der Waals surface area contributed by atoms with Crippen molar-refractivity contribution in [3.8, 4) is 0 Å². The van der Waals surface area contributed by atoms with E-state index in [-0.39, 0.29) is 0 Å². The summed E-state index contributed by atoms with van der Waals surface area (Å²) in [5, 5.41) is 3.39. The summed E-state index contributed by atoms with van der Waals surface area (Å²) in [5.74, 6) is 0. The Kier molecular flexibility index (Phi) is 3.65. The van der Waals surface area contributed by atoms with Crippen LogP contribution in [0.25, 0.3) is 0 Å². The maximum absolute atomic E-state index is 5.38. The standard InChI is InChI=1S/C14H18N4O/c1-2-12(16-10-13-9-15-11-17-13)8-14(3-1)18-4-6-19-7-5-18/h1-3,8-9,11,16H,4-7,10H2,(H,15,17). The Morgan fingerprint density at radius 1 is 1.32 bits per heavy atom. The van der Waals surface area contributed by atoms with Gasteiger partial charge in [-0.1, -0.05) is 6.07 Å². The van der Waals surface area contributed by atoms with Gasteiger partial charge in [0.15, 0.2) is 0 Å². The summed E-state index contributed by atoms with van der Waals surface area (Å²) in [6.07, 6.45) is 3.60. The van der Waals surface area contributed by atoms with E-state index in [0.717, 1.165) is 44.2 Å². The smallest absolute Gasteiger partial charge is 0.0923 e. The number of hydrogen-bond donors (Lipinski definition) is 2. The third kappa shape index (κ3) is 3.06. The molecule has 3 rings (SSSR count). The number of H-pyrrole nitrogens is 1. The Hall–Kier alpha value is -2.01. The Balaban J connectivity index is 1.65. The molecule has 1 saturated heterocycles. The fourth-order valence-electron chi connectivity index (χ4n) is 2.21. The van der Waals surface area contributed by atoms with Crippen molar-refractivity contribution in [3.63, 3.8) is 0 Å². The number of nitrogens with one attached hydrogen (secondary N) is 2. The van der Waals surface area contributed by atoms with Crippen LogP contribution in [0.5, 0.6) is 0 Å². The number of hydrogen-bond acceptors (Lipinski definition) is 4. The molecule has 5 nitrogen and oxygen atoms in total. The van der Waals surface area contributed by atoms with Crippen LogP contribution in [0.2, 0.25) is 0 Å². The predicted octanol–water partition coefficient (Wildman–Crippen LogP) is 1.86. The van der Waals surface area contributed by atoms with Crippen molar-refractivity contribution in [2.45, 2.75) is 6.54 Å². The quantitative estimate of drug-likeness (QED) is 0.879. The fraction of sp³-hybridized carbons (Fsp3) is 0.357. The molecule has 100 valence electrons. The van der Waals surface area contributed by atoms with E-state index in [0.29, 0.717) is 0 Å². The molecule has 0 radical (unpaired) electrons. The van der Waals surface area contributed by atoms with E-state index in [9.17, 15) is 0 Å². The second kappa shape index (κ2) is 5.75. The van der Waals surface area contributed by atoms with E-state index in [4.69, 9.17) is 4.74 Å². The zero-order valence-corrected chi connectivity index (χ0v) is 10.8. The predicted molar refractivity (Wildman–Crippen MR) is 75.4 cm³/mol. The maximum Gasteiger partial charge on any atom is 0.0923 e. The minimum Gasteiger partial charge on any atom is -0.379 e. The van der Waals surface area contributed by atoms with Crippen molar-refractivity contribution < 1.29 is 4.74 Å². The van der Waals surface area contributed by atoms with Gasteiger partial charge in [-0.15, -0.1) is 0 Å². The molecule has 2 N–H and O–H groups in total. The summed E-state index contributed by atoms with van der Waals surface area (Å²) in [6.45, 7) is 4.28. The first-order valence-electron chi connectivity index (χ1n) is 6.56. The highest BCUT2D eigenvalue weighted by molar-refractivity contribution is 5.58. The van der Waals surface area contributed by atoms with Crippen LogP contribution in [0.4, 0.5) is 11.4 Å². The molecule has 0 spiro atoms. The molecule has 1 aliphatic heterocycles. The molecule has 0 unspecified atom stereocenters. The Morgan fingerprint density at radius 2 is 2.21 bits per heavy atom. The minimum atomic E-state index is 0.732. The molecular weight excluding hydrogens is 240 g/mol. The van der Waals surface area contributed by atoms with Crippen molar-refractivity contribution in [1.82, 2.24) is 9.97 Å². The van der Waals surface area contributed by atoms with Crippen LogP contribution >= 0.6 is 0 Å². The highest BCUT2D eigenvalue weighted by Crippen LogP contribution is 2.20. The lowest BCUT2D eigenvalue weighted by molar-refractivity contribution is 0.122. The summed E-state index contributed by atoms with van der Waals surface area (Å²) >= 11 is 0. The van der Waals surface area contributed by atoms with Crippen molar-refractivity contribution in [2.24, 2.45) is 0 Å². The summed E-state index contributed by atoms with van der Waals surface area (Å²) < 4.78 is 5.38. The van der Waals surface area contributed by atoms with Gasteiger partial charge in [0.25, 0.3) is 0 Å². The fourth-order valence-corrected chi connectivity index (χ4v) is 2.21. The first-order chi connectivity index (χ1) is 9.42. The van der Waals surface area contributed by atoms with Gasteiger partial charge in [0.2, 0.25) is 0 Å². The third-order valence-electron chi connectivity index (χ3n) is 3.25. The molecule has 0 aliphatic carbocycles. The largest absolute Gasteiger partial charge is 0.379 e. The summed E-state index contributed by atoms with van der Waals surface area (Å²) in [5.41, 5.74) is 3.37. The second-order valence-corrected chi connectivity index (χ2v) is 4.56. The van der Waals surface area contributed by atoms with Crippen LogP contribution in [0.15, 0.2) is 36.8 Å². The number of morpholine rings is 1. The average Bonchev–Trinajstić information content (AvgIpc) is 3.00. The molecular formula is C14H18N4O. The van der Waals surface area contributed by atoms with Crippen molar-refractivity contribution in [2.75, 3.05) is 36.5 Å². The molecule has 19 heavy (non-hydrogen) atoms. The number of aromatic amines is 1. The van der Waals surface area contributed by atoms with E-state index in [1.807, 2.05) is 6.20 Å². The van der Waals surface area contributed by atoms with Crippen LogP contribution in [-0.2, 0) is 11.3 Å². The SMILES string of the molecule is c1cc(NCc2c[nH]cn2)cc(N2CCOCC2)c1. The van der Waals surface area contributed by atoms with Crippen molar-refractivity contribution in [3.05, 3.63) is 42.5 Å². The lowest BCUT2D eigenvalue weighted by atomic mass is 10.2. The number of rotatable bonds is 4. The normalized spacial score (nSPS) is 15.5. The molecule has 0 atom stereocenters. The topological polar surface area (TPSA) is 53.2 Å². The second-order valence-electron chi connectivity index (χ2n) is 4.56. The lowest BCUT2D eigenvalue weighted by Gasteiger charge is -2.29. The van der Waals surface area contributed by atoms with E-state index < -0.39 is 0 Å². The first-order valence-corrected chi connectivity index (χ1v) is 6.56. The molecule has 2 aromatic rings. The molecule has 5 heteroatoms. The summed E-state index contributed by atoms with van der Waals surface area (Å²) in [4.78, 5) is 9.50. The molecule has 1 fully saturated rings. The molecule has 1 aliphatic rings. The van der Waals surface area contributed by atoms with Crippen molar-refractivity contribution in [1.29, 1.82) is 0 Å². The van der Waals surface area contributed by atoms with Gasteiger partial charge in [-0.05, 0) is 18.2 Å². The number of anilines is 2. The van der Waals surface area contributed by atoms with E-state index >= 15 is 0 Å². The van der Waals surface area contributed by atoms with E-state index in [2.05, 4.69) is 44.5 Å². The van der Waals surface area contributed by atoms with Gasteiger partial charge in [0, 0.05) is 30.7 Å². The summed E-state index contributed by atoms with van der Waals surface area (Å²) in [6, 6.07) is 8.48. The van der Waals surface area contributed by atoms with Crippen LogP contribution < -0.4 is 10.2 Å².